The Morgan fingerprint density at radius 2 is 2.12 bits per heavy atom. The molecule has 0 bridgehead atoms. The molecule has 0 unspecified atom stereocenters. The second-order valence-corrected chi connectivity index (χ2v) is 7.82. The minimum Gasteiger partial charge on any atom is -0.462 e. The Balaban J connectivity index is 2.08. The number of esters is 1. The van der Waals surface area contributed by atoms with Gasteiger partial charge in [-0.3, -0.25) is 4.79 Å². The lowest BCUT2D eigenvalue weighted by atomic mass is 10.1. The number of imidazole rings is 1. The van der Waals surface area contributed by atoms with Crippen molar-refractivity contribution in [1.82, 2.24) is 9.55 Å². The highest BCUT2D eigenvalue weighted by molar-refractivity contribution is 7.99. The molecule has 0 aliphatic rings. The van der Waals surface area contributed by atoms with E-state index in [0.29, 0.717) is 17.2 Å². The number of carbonyl (C=O) groups excluding carboxylic acids is 2. The number of thioether (sulfide) groups is 1. The van der Waals surface area contributed by atoms with Crippen LogP contribution in [-0.2, 0) is 22.5 Å². The van der Waals surface area contributed by atoms with E-state index in [1.54, 1.807) is 13.1 Å². The van der Waals surface area contributed by atoms with Gasteiger partial charge in [0.05, 0.1) is 17.9 Å². The molecular weight excluding hydrogens is 370 g/mol. The van der Waals surface area contributed by atoms with Gasteiger partial charge in [-0.05, 0) is 32.3 Å². The van der Waals surface area contributed by atoms with Crippen LogP contribution < -0.4 is 5.32 Å². The van der Waals surface area contributed by atoms with Crippen LogP contribution in [0.15, 0.2) is 17.6 Å². The highest BCUT2D eigenvalue weighted by Crippen LogP contribution is 2.34. The van der Waals surface area contributed by atoms with Gasteiger partial charge in [0.15, 0.2) is 5.16 Å². The third kappa shape index (κ3) is 4.88. The number of anilines is 1. The molecule has 0 spiro atoms. The van der Waals surface area contributed by atoms with Gasteiger partial charge in [0, 0.05) is 23.8 Å². The molecule has 2 heterocycles. The number of carbonyl (C=O) groups is 2. The van der Waals surface area contributed by atoms with Crippen molar-refractivity contribution in [2.45, 2.75) is 52.2 Å². The Morgan fingerprint density at radius 1 is 1.35 bits per heavy atom. The van der Waals surface area contributed by atoms with Gasteiger partial charge >= 0.3 is 5.97 Å². The molecule has 0 aromatic carbocycles. The maximum Gasteiger partial charge on any atom is 0.341 e. The zero-order valence-electron chi connectivity index (χ0n) is 15.6. The Labute approximate surface area is 162 Å². The minimum atomic E-state index is -0.379. The van der Waals surface area contributed by atoms with Crippen LogP contribution in [0.4, 0.5) is 5.00 Å². The van der Waals surface area contributed by atoms with E-state index in [4.69, 9.17) is 4.74 Å². The van der Waals surface area contributed by atoms with Crippen molar-refractivity contribution in [3.05, 3.63) is 28.4 Å². The summed E-state index contributed by atoms with van der Waals surface area (Å²) in [6.07, 6.45) is 5.38. The van der Waals surface area contributed by atoms with Gasteiger partial charge in [0.2, 0.25) is 5.91 Å². The average molecular weight is 396 g/mol. The van der Waals surface area contributed by atoms with Crippen molar-refractivity contribution in [3.63, 3.8) is 0 Å². The van der Waals surface area contributed by atoms with E-state index in [1.165, 1.54) is 23.1 Å². The number of hydrogen-bond donors (Lipinski definition) is 1. The van der Waals surface area contributed by atoms with Crippen molar-refractivity contribution in [3.8, 4) is 0 Å². The quantitative estimate of drug-likeness (QED) is 0.510. The first kappa shape index (κ1) is 20.5. The number of aromatic nitrogens is 2. The van der Waals surface area contributed by atoms with Crippen molar-refractivity contribution < 1.29 is 14.3 Å². The van der Waals surface area contributed by atoms with Crippen molar-refractivity contribution in [2.24, 2.45) is 0 Å². The molecule has 2 aromatic rings. The zero-order chi connectivity index (χ0) is 19.1. The van der Waals surface area contributed by atoms with E-state index in [2.05, 4.69) is 17.2 Å². The van der Waals surface area contributed by atoms with E-state index in [0.717, 1.165) is 35.0 Å². The van der Waals surface area contributed by atoms with Gasteiger partial charge in [0.25, 0.3) is 0 Å². The summed E-state index contributed by atoms with van der Waals surface area (Å²) in [6.45, 7) is 9.00. The van der Waals surface area contributed by atoms with E-state index < -0.39 is 0 Å². The smallest absolute Gasteiger partial charge is 0.341 e. The number of amides is 1. The summed E-state index contributed by atoms with van der Waals surface area (Å²) < 4.78 is 7.20. The van der Waals surface area contributed by atoms with E-state index in [-0.39, 0.29) is 17.6 Å². The van der Waals surface area contributed by atoms with Gasteiger partial charge < -0.3 is 14.6 Å². The number of thiophene rings is 1. The fourth-order valence-electron chi connectivity index (χ4n) is 2.65. The first-order valence-electron chi connectivity index (χ1n) is 8.74. The van der Waals surface area contributed by atoms with Crippen LogP contribution in [-0.4, -0.2) is 33.8 Å². The van der Waals surface area contributed by atoms with Crippen LogP contribution in [0, 0.1) is 6.92 Å². The molecule has 2 rings (SSSR count). The lowest BCUT2D eigenvalue weighted by Gasteiger charge is -2.08. The summed E-state index contributed by atoms with van der Waals surface area (Å²) >= 11 is 2.81. The molecule has 1 amide bonds. The maximum atomic E-state index is 12.4. The molecule has 8 heteroatoms. The van der Waals surface area contributed by atoms with Crippen molar-refractivity contribution in [1.29, 1.82) is 0 Å². The largest absolute Gasteiger partial charge is 0.462 e. The molecule has 0 saturated carbocycles. The highest BCUT2D eigenvalue weighted by Gasteiger charge is 2.23. The van der Waals surface area contributed by atoms with Gasteiger partial charge in [0.1, 0.15) is 5.00 Å². The first-order valence-corrected chi connectivity index (χ1v) is 10.5. The summed E-state index contributed by atoms with van der Waals surface area (Å²) in [5.74, 6) is -0.299. The van der Waals surface area contributed by atoms with Gasteiger partial charge in [-0.1, -0.05) is 25.6 Å². The maximum absolute atomic E-state index is 12.4. The lowest BCUT2D eigenvalue weighted by molar-refractivity contribution is -0.113. The lowest BCUT2D eigenvalue weighted by Crippen LogP contribution is -2.17. The molecule has 0 aliphatic carbocycles. The van der Waals surface area contributed by atoms with Crippen LogP contribution in [0.3, 0.4) is 0 Å². The van der Waals surface area contributed by atoms with Crippen molar-refractivity contribution >= 4 is 40.0 Å². The summed E-state index contributed by atoms with van der Waals surface area (Å²) in [5.41, 5.74) is 1.43. The third-order valence-electron chi connectivity index (χ3n) is 3.77. The first-order chi connectivity index (χ1) is 12.5. The summed E-state index contributed by atoms with van der Waals surface area (Å²) in [7, 11) is 0. The van der Waals surface area contributed by atoms with Crippen LogP contribution in [0.5, 0.6) is 0 Å². The predicted molar refractivity (Wildman–Crippen MR) is 106 cm³/mol. The van der Waals surface area contributed by atoms with Crippen LogP contribution in [0.25, 0.3) is 0 Å². The Bertz CT molecular complexity index is 768. The Morgan fingerprint density at radius 3 is 2.77 bits per heavy atom. The monoisotopic (exact) mass is 395 g/mol. The highest BCUT2D eigenvalue weighted by atomic mass is 32.2. The topological polar surface area (TPSA) is 73.2 Å². The average Bonchev–Trinajstić information content (AvgIpc) is 3.17. The molecule has 0 atom stereocenters. The molecule has 1 N–H and O–H groups in total. The van der Waals surface area contributed by atoms with E-state index in [9.17, 15) is 9.59 Å². The molecule has 0 aliphatic heterocycles. The molecule has 26 heavy (non-hydrogen) atoms. The second-order valence-electron chi connectivity index (χ2n) is 5.66. The van der Waals surface area contributed by atoms with Crippen LogP contribution in [0.2, 0.25) is 0 Å². The summed E-state index contributed by atoms with van der Waals surface area (Å²) in [4.78, 5) is 30.0. The molecule has 0 saturated heterocycles. The number of aryl methyl sites for hydroxylation is 2. The fraction of sp³-hybridized carbons (Fsp3) is 0.500. The SMILES string of the molecule is CCCn1ccnc1SCC(=O)Nc1sc(C)c(CC)c1C(=O)OCC. The number of nitrogens with zero attached hydrogens (tertiary/aromatic N) is 2. The van der Waals surface area contributed by atoms with Gasteiger partial charge in [-0.25, -0.2) is 9.78 Å². The predicted octanol–water partition coefficient (Wildman–Crippen LogP) is 4.13. The van der Waals surface area contributed by atoms with E-state index in [1.807, 2.05) is 24.6 Å². The van der Waals surface area contributed by atoms with Gasteiger partial charge in [-0.15, -0.1) is 11.3 Å². The number of ether oxygens (including phenoxy) is 1. The standard InChI is InChI=1S/C18H25N3O3S2/c1-5-9-21-10-8-19-18(21)25-11-14(22)20-16-15(17(23)24-7-3)13(6-2)12(4)26-16/h8,10H,5-7,9,11H2,1-4H3,(H,20,22). The summed E-state index contributed by atoms with van der Waals surface area (Å²) in [5, 5.41) is 4.27. The van der Waals surface area contributed by atoms with E-state index >= 15 is 0 Å². The van der Waals surface area contributed by atoms with Crippen molar-refractivity contribution in [2.75, 3.05) is 17.7 Å². The normalized spacial score (nSPS) is 10.8. The number of nitrogens with one attached hydrogen (secondary N) is 1. The summed E-state index contributed by atoms with van der Waals surface area (Å²) in [6, 6.07) is 0. The Hall–Kier alpha value is -1.80. The third-order valence-corrected chi connectivity index (χ3v) is 5.84. The van der Waals surface area contributed by atoms with Crippen LogP contribution in [0.1, 0.15) is 48.0 Å². The molecular formula is C18H25N3O3S2. The minimum absolute atomic E-state index is 0.157. The zero-order valence-corrected chi connectivity index (χ0v) is 17.3. The molecule has 142 valence electrons. The molecule has 0 radical (unpaired) electrons. The fourth-order valence-corrected chi connectivity index (χ4v) is 4.59. The molecule has 6 nitrogen and oxygen atoms in total. The Kier molecular flexibility index (Phi) is 7.71. The van der Waals surface area contributed by atoms with Gasteiger partial charge in [-0.2, -0.15) is 0 Å². The van der Waals surface area contributed by atoms with Crippen LogP contribution >= 0.6 is 23.1 Å². The number of hydrogen-bond acceptors (Lipinski definition) is 6. The second kappa shape index (κ2) is 9.78. The number of rotatable bonds is 9. The molecule has 2 aromatic heterocycles. The molecule has 0 fully saturated rings.